The van der Waals surface area contributed by atoms with Crippen LogP contribution in [-0.2, 0) is 11.8 Å². The summed E-state index contributed by atoms with van der Waals surface area (Å²) in [5.41, 5.74) is 1.39. The van der Waals surface area contributed by atoms with Crippen molar-refractivity contribution in [2.75, 3.05) is 23.3 Å². The number of aromatic nitrogens is 4. The molecular formula is C17H21N7O. The lowest BCUT2D eigenvalue weighted by Gasteiger charge is -2.33. The highest BCUT2D eigenvalue weighted by molar-refractivity contribution is 5.91. The van der Waals surface area contributed by atoms with E-state index in [0.29, 0.717) is 29.7 Å². The molecule has 8 heteroatoms. The second-order valence-corrected chi connectivity index (χ2v) is 6.32. The molecule has 3 rings (SSSR count). The zero-order valence-electron chi connectivity index (χ0n) is 14.7. The van der Waals surface area contributed by atoms with Gasteiger partial charge in [0, 0.05) is 25.8 Å². The zero-order chi connectivity index (χ0) is 18.0. The molecule has 1 atom stereocenters. The van der Waals surface area contributed by atoms with E-state index >= 15 is 0 Å². The van der Waals surface area contributed by atoms with Crippen LogP contribution in [0.3, 0.4) is 0 Å². The number of pyridine rings is 1. The predicted octanol–water partition coefficient (Wildman–Crippen LogP) is 1.55. The third-order valence-corrected chi connectivity index (χ3v) is 4.33. The number of nitrogens with zero attached hydrogens (tertiary/aromatic N) is 6. The number of aryl methyl sites for hydroxylation is 3. The highest BCUT2D eigenvalue weighted by Gasteiger charge is 2.28. The molecule has 1 saturated heterocycles. The fourth-order valence-electron chi connectivity index (χ4n) is 3.09. The smallest absolute Gasteiger partial charge is 0.231 e. The Hall–Kier alpha value is -2.95. The molecule has 0 aromatic carbocycles. The highest BCUT2D eigenvalue weighted by atomic mass is 16.2. The number of hydrogen-bond donors (Lipinski definition) is 1. The van der Waals surface area contributed by atoms with Gasteiger partial charge in [-0.2, -0.15) is 15.3 Å². The van der Waals surface area contributed by atoms with Crippen LogP contribution in [0, 0.1) is 31.1 Å². The molecule has 0 radical (unpaired) electrons. The summed E-state index contributed by atoms with van der Waals surface area (Å²) in [6, 6.07) is 5.80. The molecule has 0 saturated carbocycles. The minimum atomic E-state index is -0.181. The second-order valence-electron chi connectivity index (χ2n) is 6.32. The molecule has 130 valence electrons. The first-order valence-corrected chi connectivity index (χ1v) is 8.29. The molecule has 1 fully saturated rings. The number of rotatable bonds is 3. The van der Waals surface area contributed by atoms with E-state index in [1.807, 2.05) is 17.9 Å². The molecule has 1 unspecified atom stereocenters. The van der Waals surface area contributed by atoms with Crippen LogP contribution in [-0.4, -0.2) is 38.7 Å². The number of anilines is 2. The first kappa shape index (κ1) is 16.9. The van der Waals surface area contributed by atoms with Gasteiger partial charge < -0.3 is 4.90 Å². The standard InChI is InChI=1S/C17H21N7O/c1-11-6-7-13(9-18)15(19-11)24-8-4-5-14(10-24)16(25)21-17-20-12(2)22-23(17)3/h6-7,14H,4-5,8,10H2,1-3H3,(H,20,21,22,25). The minimum absolute atomic E-state index is 0.0774. The normalized spacial score (nSPS) is 17.2. The van der Waals surface area contributed by atoms with Crippen LogP contribution in [0.2, 0.25) is 0 Å². The Morgan fingerprint density at radius 2 is 2.16 bits per heavy atom. The molecule has 3 heterocycles. The maximum atomic E-state index is 12.6. The summed E-state index contributed by atoms with van der Waals surface area (Å²) in [5.74, 6) is 1.47. The minimum Gasteiger partial charge on any atom is -0.355 e. The molecule has 8 nitrogen and oxygen atoms in total. The van der Waals surface area contributed by atoms with Crippen molar-refractivity contribution in [3.05, 3.63) is 29.2 Å². The molecule has 2 aromatic rings. The lowest BCUT2D eigenvalue weighted by Crippen LogP contribution is -2.41. The summed E-state index contributed by atoms with van der Waals surface area (Å²) in [6.45, 7) is 5.01. The van der Waals surface area contributed by atoms with Crippen molar-refractivity contribution in [2.45, 2.75) is 26.7 Å². The van der Waals surface area contributed by atoms with Gasteiger partial charge in [0.05, 0.1) is 11.5 Å². The zero-order valence-corrected chi connectivity index (χ0v) is 14.7. The van der Waals surface area contributed by atoms with E-state index < -0.39 is 0 Å². The molecule has 0 aliphatic carbocycles. The fraction of sp³-hybridized carbons (Fsp3) is 0.471. The van der Waals surface area contributed by atoms with Crippen molar-refractivity contribution in [1.82, 2.24) is 19.7 Å². The Kier molecular flexibility index (Phi) is 4.65. The van der Waals surface area contributed by atoms with Gasteiger partial charge in [0.15, 0.2) is 0 Å². The van der Waals surface area contributed by atoms with Crippen LogP contribution < -0.4 is 10.2 Å². The molecule has 1 aliphatic rings. The summed E-state index contributed by atoms with van der Waals surface area (Å²) in [6.07, 6.45) is 1.67. The van der Waals surface area contributed by atoms with Crippen molar-refractivity contribution in [3.63, 3.8) is 0 Å². The lowest BCUT2D eigenvalue weighted by molar-refractivity contribution is -0.120. The number of carbonyl (C=O) groups is 1. The van der Waals surface area contributed by atoms with E-state index in [1.165, 1.54) is 0 Å². The van der Waals surface area contributed by atoms with Gasteiger partial charge in [0.25, 0.3) is 0 Å². The van der Waals surface area contributed by atoms with Crippen molar-refractivity contribution in [1.29, 1.82) is 5.26 Å². The van der Waals surface area contributed by atoms with Crippen LogP contribution in [0.4, 0.5) is 11.8 Å². The molecule has 1 amide bonds. The number of amides is 1. The first-order chi connectivity index (χ1) is 12.0. The Morgan fingerprint density at radius 3 is 2.84 bits per heavy atom. The van der Waals surface area contributed by atoms with Gasteiger partial charge in [0.1, 0.15) is 17.7 Å². The maximum Gasteiger partial charge on any atom is 0.231 e. The van der Waals surface area contributed by atoms with E-state index in [4.69, 9.17) is 0 Å². The third-order valence-electron chi connectivity index (χ3n) is 4.33. The summed E-state index contributed by atoms with van der Waals surface area (Å²) < 4.78 is 1.56. The van der Waals surface area contributed by atoms with Crippen LogP contribution in [0.25, 0.3) is 0 Å². The lowest BCUT2D eigenvalue weighted by atomic mass is 9.97. The van der Waals surface area contributed by atoms with Crippen molar-refractivity contribution < 1.29 is 4.79 Å². The molecule has 0 bridgehead atoms. The molecule has 1 N–H and O–H groups in total. The molecule has 25 heavy (non-hydrogen) atoms. The molecule has 2 aromatic heterocycles. The van der Waals surface area contributed by atoms with Gasteiger partial charge in [-0.25, -0.2) is 9.67 Å². The highest BCUT2D eigenvalue weighted by Crippen LogP contribution is 2.25. The van der Waals surface area contributed by atoms with E-state index in [9.17, 15) is 10.1 Å². The topological polar surface area (TPSA) is 99.7 Å². The van der Waals surface area contributed by atoms with Crippen molar-refractivity contribution >= 4 is 17.7 Å². The molecule has 1 aliphatic heterocycles. The average molecular weight is 339 g/mol. The second kappa shape index (κ2) is 6.89. The van der Waals surface area contributed by atoms with Crippen LogP contribution in [0.15, 0.2) is 12.1 Å². The Balaban J connectivity index is 1.75. The van der Waals surface area contributed by atoms with Gasteiger partial charge in [-0.1, -0.05) is 0 Å². The van der Waals surface area contributed by atoms with Gasteiger partial charge in [-0.05, 0) is 38.8 Å². The number of nitrogens with one attached hydrogen (secondary N) is 1. The van der Waals surface area contributed by atoms with E-state index in [0.717, 1.165) is 25.1 Å². The summed E-state index contributed by atoms with van der Waals surface area (Å²) in [7, 11) is 1.75. The Bertz CT molecular complexity index is 836. The fourth-order valence-corrected chi connectivity index (χ4v) is 3.09. The average Bonchev–Trinajstić information content (AvgIpc) is 2.92. The molecular weight excluding hydrogens is 318 g/mol. The monoisotopic (exact) mass is 339 g/mol. The summed E-state index contributed by atoms with van der Waals surface area (Å²) in [5, 5.41) is 16.3. The van der Waals surface area contributed by atoms with Crippen LogP contribution >= 0.6 is 0 Å². The van der Waals surface area contributed by atoms with E-state index in [-0.39, 0.29) is 11.8 Å². The number of carbonyl (C=O) groups excluding carboxylic acids is 1. The first-order valence-electron chi connectivity index (χ1n) is 8.29. The van der Waals surface area contributed by atoms with Crippen LogP contribution in [0.5, 0.6) is 0 Å². The quantitative estimate of drug-likeness (QED) is 0.911. The van der Waals surface area contributed by atoms with Gasteiger partial charge in [-0.3, -0.25) is 10.1 Å². The number of hydrogen-bond acceptors (Lipinski definition) is 6. The largest absolute Gasteiger partial charge is 0.355 e. The van der Waals surface area contributed by atoms with E-state index in [1.54, 1.807) is 24.7 Å². The summed E-state index contributed by atoms with van der Waals surface area (Å²) in [4.78, 5) is 23.4. The Morgan fingerprint density at radius 1 is 1.36 bits per heavy atom. The number of piperidine rings is 1. The number of nitriles is 1. The predicted molar refractivity (Wildman–Crippen MR) is 93.0 cm³/mol. The summed E-state index contributed by atoms with van der Waals surface area (Å²) >= 11 is 0. The third kappa shape index (κ3) is 3.60. The van der Waals surface area contributed by atoms with Crippen molar-refractivity contribution in [2.24, 2.45) is 13.0 Å². The van der Waals surface area contributed by atoms with Gasteiger partial charge >= 0.3 is 0 Å². The Labute approximate surface area is 146 Å². The maximum absolute atomic E-state index is 12.6. The molecule has 0 spiro atoms. The SMILES string of the molecule is Cc1ccc(C#N)c(N2CCCC(C(=O)Nc3nc(C)nn3C)C2)n1. The van der Waals surface area contributed by atoms with Gasteiger partial charge in [0.2, 0.25) is 11.9 Å². The van der Waals surface area contributed by atoms with Crippen LogP contribution in [0.1, 0.15) is 29.9 Å². The van der Waals surface area contributed by atoms with E-state index in [2.05, 4.69) is 26.5 Å². The van der Waals surface area contributed by atoms with Crippen molar-refractivity contribution in [3.8, 4) is 6.07 Å². The van der Waals surface area contributed by atoms with Gasteiger partial charge in [-0.15, -0.1) is 0 Å².